The van der Waals surface area contributed by atoms with Crippen LogP contribution in [0.2, 0.25) is 0 Å². The fraction of sp³-hybridized carbons (Fsp3) is 0.778. The molecule has 0 aliphatic carbocycles. The van der Waals surface area contributed by atoms with Crippen LogP contribution in [-0.4, -0.2) is 16.7 Å². The third-order valence-corrected chi connectivity index (χ3v) is 2.90. The lowest BCUT2D eigenvalue weighted by molar-refractivity contribution is 0.709. The highest BCUT2D eigenvalue weighted by molar-refractivity contribution is 7.11. The zero-order chi connectivity index (χ0) is 9.52. The molecular weight excluding hydrogens is 182 g/mol. The van der Waals surface area contributed by atoms with Crippen molar-refractivity contribution < 1.29 is 0 Å². The summed E-state index contributed by atoms with van der Waals surface area (Å²) in [6.07, 6.45) is 5.72. The van der Waals surface area contributed by atoms with Crippen LogP contribution in [0.4, 0.5) is 0 Å². The molecule has 0 radical (unpaired) electrons. The number of nitrogens with two attached hydrogens (primary N) is 1. The Hall–Kier alpha value is -0.480. The highest BCUT2D eigenvalue weighted by Crippen LogP contribution is 2.12. The molecule has 1 aromatic heterocycles. The molecule has 13 heavy (non-hydrogen) atoms. The third-order valence-electron chi connectivity index (χ3n) is 1.86. The molecule has 2 N–H and O–H groups in total. The lowest BCUT2D eigenvalue weighted by Crippen LogP contribution is -2.01. The van der Waals surface area contributed by atoms with Gasteiger partial charge in [0.05, 0.1) is 0 Å². The van der Waals surface area contributed by atoms with Gasteiger partial charge in [0.2, 0.25) is 0 Å². The molecule has 3 nitrogen and oxygen atoms in total. The first kappa shape index (κ1) is 10.6. The minimum absolute atomic E-state index is 0.670. The van der Waals surface area contributed by atoms with E-state index in [0.717, 1.165) is 22.9 Å². The highest BCUT2D eigenvalue weighted by atomic mass is 32.1. The van der Waals surface area contributed by atoms with Gasteiger partial charge in [0.25, 0.3) is 0 Å². The summed E-state index contributed by atoms with van der Waals surface area (Å²) in [6, 6.07) is 0. The SMILES string of the molecule is CCCCCc1nnc(CCN)s1. The fourth-order valence-electron chi connectivity index (χ4n) is 1.14. The summed E-state index contributed by atoms with van der Waals surface area (Å²) in [7, 11) is 0. The number of aromatic nitrogens is 2. The second kappa shape index (κ2) is 6.05. The summed E-state index contributed by atoms with van der Waals surface area (Å²) in [5, 5.41) is 10.4. The van der Waals surface area contributed by atoms with E-state index < -0.39 is 0 Å². The Balaban J connectivity index is 2.31. The van der Waals surface area contributed by atoms with Crippen LogP contribution in [0.3, 0.4) is 0 Å². The number of nitrogens with zero attached hydrogens (tertiary/aromatic N) is 2. The third kappa shape index (κ3) is 3.83. The molecule has 4 heteroatoms. The summed E-state index contributed by atoms with van der Waals surface area (Å²) in [5.41, 5.74) is 5.43. The molecule has 1 heterocycles. The van der Waals surface area contributed by atoms with Crippen molar-refractivity contribution in [3.63, 3.8) is 0 Å². The molecule has 0 saturated heterocycles. The van der Waals surface area contributed by atoms with Gasteiger partial charge < -0.3 is 5.73 Å². The van der Waals surface area contributed by atoms with E-state index in [1.165, 1.54) is 19.3 Å². The van der Waals surface area contributed by atoms with Gasteiger partial charge in [0.15, 0.2) is 0 Å². The van der Waals surface area contributed by atoms with E-state index in [1.54, 1.807) is 11.3 Å². The van der Waals surface area contributed by atoms with Crippen molar-refractivity contribution in [2.75, 3.05) is 6.54 Å². The van der Waals surface area contributed by atoms with Gasteiger partial charge in [-0.15, -0.1) is 21.5 Å². The Morgan fingerprint density at radius 2 is 1.85 bits per heavy atom. The number of rotatable bonds is 6. The molecular formula is C9H17N3S. The van der Waals surface area contributed by atoms with Crippen LogP contribution < -0.4 is 5.73 Å². The topological polar surface area (TPSA) is 51.8 Å². The zero-order valence-corrected chi connectivity index (χ0v) is 8.94. The van der Waals surface area contributed by atoms with Crippen LogP contribution in [-0.2, 0) is 12.8 Å². The van der Waals surface area contributed by atoms with Crippen LogP contribution in [0.5, 0.6) is 0 Å². The van der Waals surface area contributed by atoms with Gasteiger partial charge in [-0.05, 0) is 13.0 Å². The lowest BCUT2D eigenvalue weighted by atomic mass is 10.2. The monoisotopic (exact) mass is 199 g/mol. The van der Waals surface area contributed by atoms with Crippen molar-refractivity contribution in [1.82, 2.24) is 10.2 Å². The first-order chi connectivity index (χ1) is 6.36. The van der Waals surface area contributed by atoms with Crippen molar-refractivity contribution in [3.8, 4) is 0 Å². The molecule has 0 saturated carbocycles. The molecule has 0 aromatic carbocycles. The summed E-state index contributed by atoms with van der Waals surface area (Å²) < 4.78 is 0. The van der Waals surface area contributed by atoms with Crippen LogP contribution >= 0.6 is 11.3 Å². The standard InChI is InChI=1S/C9H17N3S/c1-2-3-4-5-8-11-12-9(13-8)6-7-10/h2-7,10H2,1H3. The number of hydrogen-bond donors (Lipinski definition) is 1. The Bertz CT molecular complexity index is 235. The molecule has 0 fully saturated rings. The number of aryl methyl sites for hydroxylation is 1. The molecule has 0 aliphatic heterocycles. The van der Waals surface area contributed by atoms with Gasteiger partial charge in [0, 0.05) is 12.8 Å². The van der Waals surface area contributed by atoms with E-state index >= 15 is 0 Å². The maximum absolute atomic E-state index is 5.43. The van der Waals surface area contributed by atoms with Crippen molar-refractivity contribution >= 4 is 11.3 Å². The number of unbranched alkanes of at least 4 members (excludes halogenated alkanes) is 2. The van der Waals surface area contributed by atoms with Gasteiger partial charge in [-0.1, -0.05) is 19.8 Å². The summed E-state index contributed by atoms with van der Waals surface area (Å²) in [4.78, 5) is 0. The predicted molar refractivity (Wildman–Crippen MR) is 55.9 cm³/mol. The average molecular weight is 199 g/mol. The van der Waals surface area contributed by atoms with Gasteiger partial charge >= 0.3 is 0 Å². The Kier molecular flexibility index (Phi) is 4.93. The quantitative estimate of drug-likeness (QED) is 0.710. The van der Waals surface area contributed by atoms with E-state index in [0.29, 0.717) is 6.54 Å². The molecule has 0 spiro atoms. The summed E-state index contributed by atoms with van der Waals surface area (Å²) in [6.45, 7) is 2.88. The summed E-state index contributed by atoms with van der Waals surface area (Å²) >= 11 is 1.71. The van der Waals surface area contributed by atoms with E-state index in [1.807, 2.05) is 0 Å². The molecule has 1 rings (SSSR count). The lowest BCUT2D eigenvalue weighted by Gasteiger charge is -1.92. The fourth-order valence-corrected chi connectivity index (χ4v) is 2.04. The van der Waals surface area contributed by atoms with Crippen LogP contribution in [0.25, 0.3) is 0 Å². The largest absolute Gasteiger partial charge is 0.330 e. The van der Waals surface area contributed by atoms with Crippen LogP contribution in [0.15, 0.2) is 0 Å². The van der Waals surface area contributed by atoms with Gasteiger partial charge in [-0.3, -0.25) is 0 Å². The first-order valence-electron chi connectivity index (χ1n) is 4.88. The molecule has 0 aliphatic rings. The normalized spacial score (nSPS) is 10.6. The maximum atomic E-state index is 5.43. The van der Waals surface area contributed by atoms with Gasteiger partial charge in [0.1, 0.15) is 10.0 Å². The van der Waals surface area contributed by atoms with Crippen molar-refractivity contribution in [2.45, 2.75) is 39.0 Å². The minimum Gasteiger partial charge on any atom is -0.330 e. The Morgan fingerprint density at radius 3 is 2.46 bits per heavy atom. The Labute approximate surface area is 83.4 Å². The van der Waals surface area contributed by atoms with E-state index in [9.17, 15) is 0 Å². The average Bonchev–Trinajstić information content (AvgIpc) is 2.54. The van der Waals surface area contributed by atoms with E-state index in [-0.39, 0.29) is 0 Å². The molecule has 1 aromatic rings. The van der Waals surface area contributed by atoms with E-state index in [2.05, 4.69) is 17.1 Å². The molecule has 0 amide bonds. The molecule has 74 valence electrons. The van der Waals surface area contributed by atoms with E-state index in [4.69, 9.17) is 5.73 Å². The highest BCUT2D eigenvalue weighted by Gasteiger charge is 2.02. The number of hydrogen-bond acceptors (Lipinski definition) is 4. The molecule has 0 unspecified atom stereocenters. The zero-order valence-electron chi connectivity index (χ0n) is 8.12. The maximum Gasteiger partial charge on any atom is 0.118 e. The minimum atomic E-state index is 0.670. The van der Waals surface area contributed by atoms with Crippen molar-refractivity contribution in [3.05, 3.63) is 10.0 Å². The van der Waals surface area contributed by atoms with Gasteiger partial charge in [-0.2, -0.15) is 0 Å². The van der Waals surface area contributed by atoms with Crippen molar-refractivity contribution in [1.29, 1.82) is 0 Å². The van der Waals surface area contributed by atoms with Crippen molar-refractivity contribution in [2.24, 2.45) is 5.73 Å². The second-order valence-electron chi connectivity index (χ2n) is 3.09. The van der Waals surface area contributed by atoms with Crippen LogP contribution in [0, 0.1) is 0 Å². The first-order valence-corrected chi connectivity index (χ1v) is 5.69. The van der Waals surface area contributed by atoms with Gasteiger partial charge in [-0.25, -0.2) is 0 Å². The van der Waals surface area contributed by atoms with Crippen LogP contribution in [0.1, 0.15) is 36.2 Å². The molecule has 0 bridgehead atoms. The summed E-state index contributed by atoms with van der Waals surface area (Å²) in [5.74, 6) is 0. The molecule has 0 atom stereocenters. The predicted octanol–water partition coefficient (Wildman–Crippen LogP) is 1.77. The smallest absolute Gasteiger partial charge is 0.118 e. The second-order valence-corrected chi connectivity index (χ2v) is 4.23. The Morgan fingerprint density at radius 1 is 1.15 bits per heavy atom.